The Bertz CT molecular complexity index is 863. The van der Waals surface area contributed by atoms with Crippen molar-refractivity contribution in [2.45, 2.75) is 25.2 Å². The minimum atomic E-state index is 0.472. The van der Waals surface area contributed by atoms with Gasteiger partial charge in [-0.15, -0.1) is 0 Å². The van der Waals surface area contributed by atoms with Gasteiger partial charge in [0.25, 0.3) is 0 Å². The molecule has 3 heteroatoms. The summed E-state index contributed by atoms with van der Waals surface area (Å²) in [5.74, 6) is 2.43. The summed E-state index contributed by atoms with van der Waals surface area (Å²) in [6.07, 6.45) is 7.88. The van der Waals surface area contributed by atoms with E-state index in [1.54, 1.807) is 7.11 Å². The number of nitrogens with one attached hydrogen (secondary N) is 1. The van der Waals surface area contributed by atoms with E-state index in [1.807, 2.05) is 18.2 Å². The van der Waals surface area contributed by atoms with Gasteiger partial charge in [0.2, 0.25) is 0 Å². The topological polar surface area (TPSA) is 37.9 Å². The minimum absolute atomic E-state index is 0.472. The number of H-pyrrole nitrogens is 1. The maximum absolute atomic E-state index is 5.29. The van der Waals surface area contributed by atoms with Crippen LogP contribution in [0.2, 0.25) is 0 Å². The van der Waals surface area contributed by atoms with Gasteiger partial charge < -0.3 is 9.72 Å². The maximum atomic E-state index is 5.29. The van der Waals surface area contributed by atoms with Crippen LogP contribution in [0.1, 0.15) is 31.0 Å². The summed E-state index contributed by atoms with van der Waals surface area (Å²) in [4.78, 5) is 8.62. The number of benzene rings is 2. The molecule has 4 rings (SSSR count). The Balaban J connectivity index is 1.79. The molecule has 0 radical (unpaired) electrons. The number of rotatable bonds is 4. The zero-order chi connectivity index (χ0) is 17.1. The molecule has 0 amide bonds. The molecule has 25 heavy (non-hydrogen) atoms. The lowest BCUT2D eigenvalue weighted by atomic mass is 9.94. The predicted octanol–water partition coefficient (Wildman–Crippen LogP) is 5.58. The summed E-state index contributed by atoms with van der Waals surface area (Å²) in [6, 6.07) is 18.6. The van der Waals surface area contributed by atoms with Crippen LogP contribution in [0.25, 0.3) is 22.5 Å². The van der Waals surface area contributed by atoms with Gasteiger partial charge in [-0.1, -0.05) is 42.5 Å². The molecule has 0 saturated heterocycles. The molecule has 0 aliphatic heterocycles. The molecule has 1 atom stereocenters. The van der Waals surface area contributed by atoms with Gasteiger partial charge in [-0.05, 0) is 43.5 Å². The first-order chi connectivity index (χ1) is 12.3. The highest BCUT2D eigenvalue weighted by Gasteiger charge is 2.20. The number of aromatic nitrogens is 2. The Hall–Kier alpha value is -2.81. The lowest BCUT2D eigenvalue weighted by Crippen LogP contribution is -2.02. The fourth-order valence-electron chi connectivity index (χ4n) is 3.40. The van der Waals surface area contributed by atoms with Gasteiger partial charge in [-0.2, -0.15) is 0 Å². The van der Waals surface area contributed by atoms with Crippen LogP contribution in [0.5, 0.6) is 5.75 Å². The normalized spacial score (nSPS) is 16.8. The largest absolute Gasteiger partial charge is 0.497 e. The van der Waals surface area contributed by atoms with Gasteiger partial charge in [-0.25, -0.2) is 4.98 Å². The molecule has 1 heterocycles. The third kappa shape index (κ3) is 3.22. The number of hydrogen-bond acceptors (Lipinski definition) is 2. The summed E-state index contributed by atoms with van der Waals surface area (Å²) in [5.41, 5.74) is 4.38. The van der Waals surface area contributed by atoms with Crippen molar-refractivity contribution >= 4 is 0 Å². The van der Waals surface area contributed by atoms with E-state index in [2.05, 4.69) is 53.5 Å². The van der Waals surface area contributed by atoms with Crippen molar-refractivity contribution in [3.05, 3.63) is 72.6 Å². The van der Waals surface area contributed by atoms with E-state index < -0.39 is 0 Å². The molecule has 1 N–H and O–H groups in total. The first-order valence-electron chi connectivity index (χ1n) is 8.80. The molecule has 2 aromatic carbocycles. The highest BCUT2D eigenvalue weighted by molar-refractivity contribution is 5.78. The Kier molecular flexibility index (Phi) is 4.38. The molecule has 3 aromatic rings. The van der Waals surface area contributed by atoms with Crippen LogP contribution in [0.3, 0.4) is 0 Å². The number of allylic oxidation sites excluding steroid dienone is 2. The predicted molar refractivity (Wildman–Crippen MR) is 102 cm³/mol. The lowest BCUT2D eigenvalue weighted by molar-refractivity contribution is 0.415. The standard InChI is InChI=1S/C22H22N2O/c1-25-19-14-12-17(13-15-19)21-20(16-8-4-2-5-9-16)23-22(24-21)18-10-6-3-7-11-18/h2-6,8-9,12-15,18H,7,10-11H2,1H3,(H,23,24)/t18-/m0/s1. The maximum Gasteiger partial charge on any atom is 0.118 e. The Morgan fingerprint density at radius 1 is 0.960 bits per heavy atom. The van der Waals surface area contributed by atoms with Crippen molar-refractivity contribution in [2.75, 3.05) is 7.11 Å². The molecule has 1 aromatic heterocycles. The van der Waals surface area contributed by atoms with Crippen LogP contribution < -0.4 is 4.74 Å². The number of imidazole rings is 1. The van der Waals surface area contributed by atoms with Crippen molar-refractivity contribution in [3.8, 4) is 28.3 Å². The SMILES string of the molecule is COc1ccc(-c2[nH]c([C@H]3CC=CCC3)nc2-c2ccccc2)cc1. The van der Waals surface area contributed by atoms with E-state index >= 15 is 0 Å². The molecule has 0 bridgehead atoms. The molecule has 0 fully saturated rings. The smallest absolute Gasteiger partial charge is 0.118 e. The Labute approximate surface area is 148 Å². The average molecular weight is 330 g/mol. The molecular formula is C22H22N2O. The van der Waals surface area contributed by atoms with E-state index in [0.717, 1.165) is 53.4 Å². The van der Waals surface area contributed by atoms with Crippen molar-refractivity contribution in [2.24, 2.45) is 0 Å². The molecule has 1 aliphatic rings. The zero-order valence-electron chi connectivity index (χ0n) is 14.4. The van der Waals surface area contributed by atoms with E-state index in [-0.39, 0.29) is 0 Å². The van der Waals surface area contributed by atoms with Crippen molar-refractivity contribution in [3.63, 3.8) is 0 Å². The molecule has 0 saturated carbocycles. The fraction of sp³-hybridized carbons (Fsp3) is 0.227. The average Bonchev–Trinajstić information content (AvgIpc) is 3.15. The number of ether oxygens (including phenoxy) is 1. The summed E-state index contributed by atoms with van der Waals surface area (Å²) in [5, 5.41) is 0. The Morgan fingerprint density at radius 3 is 2.44 bits per heavy atom. The fourth-order valence-corrected chi connectivity index (χ4v) is 3.40. The lowest BCUT2D eigenvalue weighted by Gasteiger charge is -2.14. The van der Waals surface area contributed by atoms with E-state index in [0.29, 0.717) is 5.92 Å². The van der Waals surface area contributed by atoms with Gasteiger partial charge in [0.05, 0.1) is 18.5 Å². The second-order valence-corrected chi connectivity index (χ2v) is 6.42. The Morgan fingerprint density at radius 2 is 1.76 bits per heavy atom. The molecule has 0 spiro atoms. The van der Waals surface area contributed by atoms with E-state index in [9.17, 15) is 0 Å². The molecule has 0 unspecified atom stereocenters. The third-order valence-electron chi connectivity index (χ3n) is 4.80. The molecule has 3 nitrogen and oxygen atoms in total. The number of methoxy groups -OCH3 is 1. The highest BCUT2D eigenvalue weighted by Crippen LogP contribution is 2.35. The van der Waals surface area contributed by atoms with E-state index in [4.69, 9.17) is 9.72 Å². The molecule has 1 aliphatic carbocycles. The van der Waals surface area contributed by atoms with Crippen LogP contribution >= 0.6 is 0 Å². The van der Waals surface area contributed by atoms with Gasteiger partial charge in [0.15, 0.2) is 0 Å². The minimum Gasteiger partial charge on any atom is -0.497 e. The van der Waals surface area contributed by atoms with Gasteiger partial charge >= 0.3 is 0 Å². The van der Waals surface area contributed by atoms with Gasteiger partial charge in [0.1, 0.15) is 11.6 Å². The van der Waals surface area contributed by atoms with Crippen molar-refractivity contribution < 1.29 is 4.74 Å². The summed E-state index contributed by atoms with van der Waals surface area (Å²) in [6.45, 7) is 0. The first-order valence-corrected chi connectivity index (χ1v) is 8.80. The molecule has 126 valence electrons. The van der Waals surface area contributed by atoms with Gasteiger partial charge in [0, 0.05) is 17.0 Å². The van der Waals surface area contributed by atoms with Crippen LogP contribution in [0.15, 0.2) is 66.7 Å². The van der Waals surface area contributed by atoms with Crippen molar-refractivity contribution in [1.29, 1.82) is 0 Å². The number of aromatic amines is 1. The van der Waals surface area contributed by atoms with Crippen LogP contribution in [-0.4, -0.2) is 17.1 Å². The second-order valence-electron chi connectivity index (χ2n) is 6.42. The van der Waals surface area contributed by atoms with Gasteiger partial charge in [-0.3, -0.25) is 0 Å². The number of nitrogens with zero attached hydrogens (tertiary/aromatic N) is 1. The highest BCUT2D eigenvalue weighted by atomic mass is 16.5. The summed E-state index contributed by atoms with van der Waals surface area (Å²) in [7, 11) is 1.69. The van der Waals surface area contributed by atoms with Crippen LogP contribution in [0, 0.1) is 0 Å². The van der Waals surface area contributed by atoms with Crippen LogP contribution in [0.4, 0.5) is 0 Å². The number of hydrogen-bond donors (Lipinski definition) is 1. The molecular weight excluding hydrogens is 308 g/mol. The quantitative estimate of drug-likeness (QED) is 0.634. The third-order valence-corrected chi connectivity index (χ3v) is 4.80. The van der Waals surface area contributed by atoms with Crippen molar-refractivity contribution in [1.82, 2.24) is 9.97 Å². The van der Waals surface area contributed by atoms with E-state index in [1.165, 1.54) is 0 Å². The van der Waals surface area contributed by atoms with Crippen LogP contribution in [-0.2, 0) is 0 Å². The second kappa shape index (κ2) is 6.98. The first kappa shape index (κ1) is 15.7. The summed E-state index contributed by atoms with van der Waals surface area (Å²) >= 11 is 0. The zero-order valence-corrected chi connectivity index (χ0v) is 14.4. The monoisotopic (exact) mass is 330 g/mol. The summed E-state index contributed by atoms with van der Waals surface area (Å²) < 4.78 is 5.29.